The summed E-state index contributed by atoms with van der Waals surface area (Å²) in [6, 6.07) is 0.323. The summed E-state index contributed by atoms with van der Waals surface area (Å²) in [7, 11) is 0. The van der Waals surface area contributed by atoms with Crippen LogP contribution in [0.3, 0.4) is 0 Å². The number of aromatic nitrogens is 1. The highest BCUT2D eigenvalue weighted by atomic mass is 35.5. The lowest BCUT2D eigenvalue weighted by Crippen LogP contribution is -2.68. The molecule has 8 nitrogen and oxygen atoms in total. The zero-order chi connectivity index (χ0) is 24.2. The van der Waals surface area contributed by atoms with Crippen LogP contribution in [-0.4, -0.2) is 58.2 Å². The summed E-state index contributed by atoms with van der Waals surface area (Å²) in [6.07, 6.45) is 0.594. The molecule has 4 fully saturated rings. The minimum absolute atomic E-state index is 0.0879. The Morgan fingerprint density at radius 2 is 2.18 bits per heavy atom. The van der Waals surface area contributed by atoms with Gasteiger partial charge in [0, 0.05) is 30.3 Å². The standard InChI is InChI=1S/C22H22ClF2N5O3S/c23-14-9-34-16-6-15(29-17(14)16)21(33)30-12-1-2-13(22(24,25)7-12)18(30)20(32)28-11(8-26)5-10-3-4-27-19(10)31/h6,9-13,18,29H,1-5,7H2,(H,27,31)(H,28,32)/t10-,11-,12-,13-,18+/m0/s1. The second kappa shape index (κ2) is 8.50. The number of amides is 3. The van der Waals surface area contributed by atoms with Gasteiger partial charge in [-0.25, -0.2) is 8.78 Å². The highest BCUT2D eigenvalue weighted by molar-refractivity contribution is 7.17. The molecule has 4 aliphatic rings. The molecule has 180 valence electrons. The topological polar surface area (TPSA) is 118 Å². The van der Waals surface area contributed by atoms with E-state index in [9.17, 15) is 28.4 Å². The van der Waals surface area contributed by atoms with Crippen LogP contribution in [0, 0.1) is 23.2 Å². The number of H-pyrrole nitrogens is 1. The second-order valence-corrected chi connectivity index (χ2v) is 10.5. The number of hydrogen-bond donors (Lipinski definition) is 3. The van der Waals surface area contributed by atoms with Gasteiger partial charge in [0.2, 0.25) is 11.8 Å². The van der Waals surface area contributed by atoms with Crippen LogP contribution in [0.1, 0.15) is 42.6 Å². The quantitative estimate of drug-likeness (QED) is 0.574. The fraction of sp³-hybridized carbons (Fsp3) is 0.545. The van der Waals surface area contributed by atoms with Gasteiger partial charge < -0.3 is 20.5 Å². The summed E-state index contributed by atoms with van der Waals surface area (Å²) in [5, 5.41) is 16.9. The summed E-state index contributed by atoms with van der Waals surface area (Å²) in [5.41, 5.74) is 0.764. The first-order valence-electron chi connectivity index (χ1n) is 11.1. The Bertz CT molecular complexity index is 1210. The third-order valence-corrected chi connectivity index (χ3v) is 8.49. The van der Waals surface area contributed by atoms with Crippen molar-refractivity contribution in [2.75, 3.05) is 6.54 Å². The highest BCUT2D eigenvalue weighted by Gasteiger charge is 2.60. The van der Waals surface area contributed by atoms with Gasteiger partial charge in [-0.3, -0.25) is 14.4 Å². The van der Waals surface area contributed by atoms with Gasteiger partial charge in [-0.2, -0.15) is 5.26 Å². The summed E-state index contributed by atoms with van der Waals surface area (Å²) >= 11 is 7.49. The minimum atomic E-state index is -3.10. The molecule has 2 bridgehead atoms. The monoisotopic (exact) mass is 509 g/mol. The molecule has 0 radical (unpaired) electrons. The average Bonchev–Trinajstić information content (AvgIpc) is 3.49. The summed E-state index contributed by atoms with van der Waals surface area (Å²) < 4.78 is 30.5. The maximum atomic E-state index is 14.9. The van der Waals surface area contributed by atoms with Crippen molar-refractivity contribution in [3.05, 3.63) is 22.2 Å². The Balaban J connectivity index is 1.42. The second-order valence-electron chi connectivity index (χ2n) is 9.17. The molecule has 3 saturated heterocycles. The molecule has 0 spiro atoms. The molecule has 0 unspecified atom stereocenters. The number of alkyl halides is 2. The average molecular weight is 510 g/mol. The van der Waals surface area contributed by atoms with E-state index in [0.29, 0.717) is 29.9 Å². The van der Waals surface area contributed by atoms with Gasteiger partial charge in [0.05, 0.1) is 27.2 Å². The van der Waals surface area contributed by atoms with E-state index in [-0.39, 0.29) is 24.4 Å². The van der Waals surface area contributed by atoms with Crippen molar-refractivity contribution in [1.29, 1.82) is 5.26 Å². The van der Waals surface area contributed by atoms with Crippen LogP contribution in [0.5, 0.6) is 0 Å². The predicted molar refractivity (Wildman–Crippen MR) is 120 cm³/mol. The third kappa shape index (κ3) is 3.82. The molecular formula is C22H22ClF2N5O3S. The van der Waals surface area contributed by atoms with Crippen molar-refractivity contribution in [2.45, 2.75) is 56.2 Å². The Morgan fingerprint density at radius 3 is 2.82 bits per heavy atom. The van der Waals surface area contributed by atoms with E-state index in [0.717, 1.165) is 4.70 Å². The fourth-order valence-corrected chi connectivity index (χ4v) is 6.64. The number of fused-ring (bicyclic) bond motifs is 4. The van der Waals surface area contributed by atoms with Crippen molar-refractivity contribution in [3.8, 4) is 6.07 Å². The predicted octanol–water partition coefficient (Wildman–Crippen LogP) is 3.05. The molecule has 3 aliphatic heterocycles. The van der Waals surface area contributed by atoms with E-state index in [1.807, 2.05) is 6.07 Å². The van der Waals surface area contributed by atoms with E-state index in [2.05, 4.69) is 15.6 Å². The molecule has 5 atom stereocenters. The third-order valence-electron chi connectivity index (χ3n) is 7.13. The molecule has 3 N–H and O–H groups in total. The van der Waals surface area contributed by atoms with Gasteiger partial charge >= 0.3 is 0 Å². The molecule has 5 heterocycles. The number of nitrogens with zero attached hydrogens (tertiary/aromatic N) is 2. The largest absolute Gasteiger partial charge is 0.356 e. The van der Waals surface area contributed by atoms with Crippen LogP contribution in [-0.2, 0) is 9.59 Å². The summed E-state index contributed by atoms with van der Waals surface area (Å²) in [5.74, 6) is -6.42. The van der Waals surface area contributed by atoms with Crippen LogP contribution in [0.25, 0.3) is 10.2 Å². The van der Waals surface area contributed by atoms with Gasteiger partial charge in [-0.1, -0.05) is 11.6 Å². The Labute approximate surface area is 202 Å². The SMILES string of the molecule is N#C[C@H](C[C@@H]1CCNC1=O)NC(=O)[C@H]1[C@@H]2CC[C@@H](CC2(F)F)N1C(=O)c1cc2scc(Cl)c2[nH]1. The number of nitriles is 1. The maximum Gasteiger partial charge on any atom is 0.271 e. The number of rotatable bonds is 5. The van der Waals surface area contributed by atoms with Crippen LogP contribution in [0.4, 0.5) is 8.78 Å². The molecule has 1 saturated carbocycles. The number of halogens is 3. The van der Waals surface area contributed by atoms with Crippen molar-refractivity contribution in [1.82, 2.24) is 20.5 Å². The Hall–Kier alpha value is -2.71. The fourth-order valence-electron chi connectivity index (χ4n) is 5.49. The molecule has 2 aromatic rings. The van der Waals surface area contributed by atoms with Gasteiger partial charge in [0.1, 0.15) is 17.8 Å². The molecule has 1 aliphatic carbocycles. The molecule has 12 heteroatoms. The number of thiophene rings is 1. The van der Waals surface area contributed by atoms with Crippen LogP contribution in [0.15, 0.2) is 11.4 Å². The van der Waals surface area contributed by atoms with Crippen molar-refractivity contribution in [3.63, 3.8) is 0 Å². The van der Waals surface area contributed by atoms with E-state index in [4.69, 9.17) is 11.6 Å². The smallest absolute Gasteiger partial charge is 0.271 e. The molecule has 6 rings (SSSR count). The van der Waals surface area contributed by atoms with Crippen LogP contribution < -0.4 is 10.6 Å². The van der Waals surface area contributed by atoms with Crippen molar-refractivity contribution >= 4 is 50.9 Å². The maximum absolute atomic E-state index is 14.9. The number of piperidine rings is 2. The lowest BCUT2D eigenvalue weighted by atomic mass is 9.71. The number of hydrogen-bond acceptors (Lipinski definition) is 5. The molecular weight excluding hydrogens is 488 g/mol. The van der Waals surface area contributed by atoms with Gasteiger partial charge in [-0.15, -0.1) is 11.3 Å². The minimum Gasteiger partial charge on any atom is -0.356 e. The molecule has 3 amide bonds. The zero-order valence-corrected chi connectivity index (χ0v) is 19.5. The Morgan fingerprint density at radius 1 is 1.38 bits per heavy atom. The highest BCUT2D eigenvalue weighted by Crippen LogP contribution is 2.49. The summed E-state index contributed by atoms with van der Waals surface area (Å²) in [6.45, 7) is 0.494. The number of aromatic amines is 1. The number of carbonyl (C=O) groups is 3. The summed E-state index contributed by atoms with van der Waals surface area (Å²) in [4.78, 5) is 42.9. The van der Waals surface area contributed by atoms with E-state index < -0.39 is 54.1 Å². The van der Waals surface area contributed by atoms with Gasteiger partial charge in [0.15, 0.2) is 0 Å². The van der Waals surface area contributed by atoms with Crippen molar-refractivity contribution < 1.29 is 23.2 Å². The molecule has 34 heavy (non-hydrogen) atoms. The van der Waals surface area contributed by atoms with Crippen LogP contribution in [0.2, 0.25) is 5.02 Å². The number of nitrogens with one attached hydrogen (secondary N) is 3. The number of carbonyl (C=O) groups excluding carboxylic acids is 3. The lowest BCUT2D eigenvalue weighted by molar-refractivity contribution is -0.179. The van der Waals surface area contributed by atoms with E-state index in [1.165, 1.54) is 16.2 Å². The first-order valence-corrected chi connectivity index (χ1v) is 12.4. The lowest BCUT2D eigenvalue weighted by Gasteiger charge is -2.53. The van der Waals surface area contributed by atoms with E-state index in [1.54, 1.807) is 11.4 Å². The van der Waals surface area contributed by atoms with Gasteiger partial charge in [-0.05, 0) is 31.7 Å². The van der Waals surface area contributed by atoms with Crippen molar-refractivity contribution in [2.24, 2.45) is 11.8 Å². The first-order chi connectivity index (χ1) is 16.2. The zero-order valence-electron chi connectivity index (χ0n) is 17.9. The van der Waals surface area contributed by atoms with E-state index >= 15 is 0 Å². The Kier molecular flexibility index (Phi) is 5.76. The normalized spacial score (nSPS) is 28.5. The molecule has 0 aromatic carbocycles. The first kappa shape index (κ1) is 23.1. The van der Waals surface area contributed by atoms with Gasteiger partial charge in [0.25, 0.3) is 11.8 Å². The van der Waals surface area contributed by atoms with Crippen LogP contribution >= 0.6 is 22.9 Å². The molecule has 2 aromatic heterocycles.